The fourth-order valence-corrected chi connectivity index (χ4v) is 3.61. The minimum atomic E-state index is 0.471. The van der Waals surface area contributed by atoms with Gasteiger partial charge < -0.3 is 5.73 Å². The van der Waals surface area contributed by atoms with Crippen molar-refractivity contribution in [1.82, 2.24) is 4.98 Å². The van der Waals surface area contributed by atoms with Crippen molar-refractivity contribution in [3.05, 3.63) is 51.3 Å². The molecule has 0 saturated heterocycles. The van der Waals surface area contributed by atoms with Gasteiger partial charge in [0.1, 0.15) is 5.15 Å². The summed E-state index contributed by atoms with van der Waals surface area (Å²) in [6, 6.07) is 7.71. The third-order valence-corrected chi connectivity index (χ3v) is 4.68. The molecule has 0 unspecified atom stereocenters. The molecule has 1 aromatic carbocycles. The van der Waals surface area contributed by atoms with E-state index >= 15 is 0 Å². The monoisotopic (exact) mass is 312 g/mol. The lowest BCUT2D eigenvalue weighted by Gasteiger charge is -2.10. The summed E-state index contributed by atoms with van der Waals surface area (Å²) in [5.41, 5.74) is 9.46. The number of benzene rings is 1. The highest BCUT2D eigenvalue weighted by Crippen LogP contribution is 2.33. The van der Waals surface area contributed by atoms with Gasteiger partial charge in [-0.2, -0.15) is 0 Å². The van der Waals surface area contributed by atoms with E-state index in [1.54, 1.807) is 11.8 Å². The van der Waals surface area contributed by atoms with Gasteiger partial charge in [0.15, 0.2) is 0 Å². The molecule has 0 amide bonds. The minimum absolute atomic E-state index is 0.471. The smallest absolute Gasteiger partial charge is 0.134 e. The number of anilines is 1. The van der Waals surface area contributed by atoms with E-state index < -0.39 is 0 Å². The molecule has 0 radical (unpaired) electrons. The summed E-state index contributed by atoms with van der Waals surface area (Å²) in [7, 11) is 0. The van der Waals surface area contributed by atoms with Crippen molar-refractivity contribution in [3.63, 3.8) is 0 Å². The lowest BCUT2D eigenvalue weighted by atomic mass is 10.2. The quantitative estimate of drug-likeness (QED) is 0.498. The van der Waals surface area contributed by atoms with E-state index in [1.165, 1.54) is 0 Å². The molecule has 0 spiro atoms. The summed E-state index contributed by atoms with van der Waals surface area (Å²) in [6.45, 7) is 3.88. The van der Waals surface area contributed by atoms with Crippen molar-refractivity contribution in [2.45, 2.75) is 24.5 Å². The van der Waals surface area contributed by atoms with E-state index in [0.717, 1.165) is 27.4 Å². The first-order valence-corrected chi connectivity index (χ1v) is 7.52. The summed E-state index contributed by atoms with van der Waals surface area (Å²) in [5.74, 6) is 0.676. The van der Waals surface area contributed by atoms with Crippen molar-refractivity contribution < 1.29 is 0 Å². The van der Waals surface area contributed by atoms with Gasteiger partial charge in [-0.05, 0) is 37.6 Å². The van der Waals surface area contributed by atoms with Gasteiger partial charge in [-0.15, -0.1) is 11.8 Å². The first-order valence-electron chi connectivity index (χ1n) is 5.78. The van der Waals surface area contributed by atoms with Crippen LogP contribution in [0.3, 0.4) is 0 Å². The predicted octanol–water partition coefficient (Wildman–Crippen LogP) is 4.88. The van der Waals surface area contributed by atoms with E-state index in [1.807, 2.05) is 38.1 Å². The number of rotatable bonds is 3. The average molecular weight is 313 g/mol. The Balaban J connectivity index is 2.22. The molecule has 0 fully saturated rings. The van der Waals surface area contributed by atoms with Gasteiger partial charge in [-0.25, -0.2) is 4.98 Å². The number of pyridine rings is 1. The Bertz CT molecular complexity index is 591. The number of aromatic nitrogens is 1. The van der Waals surface area contributed by atoms with Crippen molar-refractivity contribution in [3.8, 4) is 0 Å². The van der Waals surface area contributed by atoms with Crippen LogP contribution in [0.2, 0.25) is 10.2 Å². The zero-order valence-electron chi connectivity index (χ0n) is 10.7. The maximum absolute atomic E-state index is 6.21. The highest BCUT2D eigenvalue weighted by atomic mass is 35.5. The fourth-order valence-electron chi connectivity index (χ4n) is 1.69. The van der Waals surface area contributed by atoms with E-state index in [9.17, 15) is 0 Å². The van der Waals surface area contributed by atoms with Gasteiger partial charge in [-0.1, -0.05) is 29.3 Å². The van der Waals surface area contributed by atoms with Crippen LogP contribution in [0, 0.1) is 13.8 Å². The highest BCUT2D eigenvalue weighted by Gasteiger charge is 2.10. The van der Waals surface area contributed by atoms with Gasteiger partial charge in [0.2, 0.25) is 0 Å². The Morgan fingerprint density at radius 3 is 2.68 bits per heavy atom. The standard InChI is InChI=1S/C14H14Cl2N2S/c1-8-6-11(15)10(14(16)18-8)7-19-13-5-3-4-12(17)9(13)2/h3-6H,7,17H2,1-2H3. The molecule has 0 saturated carbocycles. The average Bonchev–Trinajstić information content (AvgIpc) is 2.33. The molecule has 2 aromatic rings. The molecule has 2 rings (SSSR count). The largest absolute Gasteiger partial charge is 0.398 e. The molecule has 2 nitrogen and oxygen atoms in total. The van der Waals surface area contributed by atoms with Crippen LogP contribution in [-0.2, 0) is 5.75 Å². The number of aryl methyl sites for hydroxylation is 1. The molecule has 2 N–H and O–H groups in total. The maximum Gasteiger partial charge on any atom is 0.134 e. The second-order valence-corrected chi connectivity index (χ2v) is 6.06. The van der Waals surface area contributed by atoms with Gasteiger partial charge in [0.05, 0.1) is 0 Å². The van der Waals surface area contributed by atoms with Crippen molar-refractivity contribution >= 4 is 40.7 Å². The molecule has 0 atom stereocenters. The van der Waals surface area contributed by atoms with Crippen molar-refractivity contribution in [2.75, 3.05) is 5.73 Å². The Hall–Kier alpha value is -0.900. The summed E-state index contributed by atoms with van der Waals surface area (Å²) >= 11 is 14.0. The lowest BCUT2D eigenvalue weighted by molar-refractivity contribution is 1.16. The molecule has 0 bridgehead atoms. The van der Waals surface area contributed by atoms with Crippen LogP contribution < -0.4 is 5.73 Å². The third kappa shape index (κ3) is 3.35. The summed E-state index contributed by atoms with van der Waals surface area (Å²) in [5, 5.41) is 1.13. The molecule has 0 aliphatic rings. The van der Waals surface area contributed by atoms with E-state index in [-0.39, 0.29) is 0 Å². The molecule has 100 valence electrons. The zero-order chi connectivity index (χ0) is 14.0. The molecule has 1 heterocycles. The molecular weight excluding hydrogens is 299 g/mol. The first-order chi connectivity index (χ1) is 8.99. The molecule has 1 aromatic heterocycles. The normalized spacial score (nSPS) is 10.7. The molecule has 0 aliphatic heterocycles. The predicted molar refractivity (Wildman–Crippen MR) is 84.1 cm³/mol. The van der Waals surface area contributed by atoms with Crippen LogP contribution >= 0.6 is 35.0 Å². The molecule has 5 heteroatoms. The van der Waals surface area contributed by atoms with Crippen LogP contribution in [0.4, 0.5) is 5.69 Å². The Labute approximate surface area is 127 Å². The number of hydrogen-bond donors (Lipinski definition) is 1. The number of nitrogens with zero attached hydrogens (tertiary/aromatic N) is 1. The number of halogens is 2. The first kappa shape index (κ1) is 14.5. The van der Waals surface area contributed by atoms with Gasteiger partial charge in [-0.3, -0.25) is 0 Å². The number of hydrogen-bond acceptors (Lipinski definition) is 3. The van der Waals surface area contributed by atoms with Crippen LogP contribution in [0.5, 0.6) is 0 Å². The van der Waals surface area contributed by atoms with Crippen molar-refractivity contribution in [1.29, 1.82) is 0 Å². The zero-order valence-corrected chi connectivity index (χ0v) is 13.0. The lowest BCUT2D eigenvalue weighted by Crippen LogP contribution is -1.93. The Morgan fingerprint density at radius 1 is 1.26 bits per heavy atom. The number of thioether (sulfide) groups is 1. The molecule has 19 heavy (non-hydrogen) atoms. The Kier molecular flexibility index (Phi) is 4.61. The third-order valence-electron chi connectivity index (χ3n) is 2.85. The molecular formula is C14H14Cl2N2S. The van der Waals surface area contributed by atoms with Gasteiger partial charge in [0.25, 0.3) is 0 Å². The summed E-state index contributed by atoms with van der Waals surface area (Å²) < 4.78 is 0. The number of nitrogens with two attached hydrogens (primary N) is 1. The van der Waals surface area contributed by atoms with E-state index in [4.69, 9.17) is 28.9 Å². The SMILES string of the molecule is Cc1cc(Cl)c(CSc2cccc(N)c2C)c(Cl)n1. The van der Waals surface area contributed by atoms with E-state index in [2.05, 4.69) is 4.98 Å². The van der Waals surface area contributed by atoms with Crippen LogP contribution in [0.25, 0.3) is 0 Å². The van der Waals surface area contributed by atoms with Crippen LogP contribution in [-0.4, -0.2) is 4.98 Å². The van der Waals surface area contributed by atoms with Gasteiger partial charge >= 0.3 is 0 Å². The Morgan fingerprint density at radius 2 is 2.00 bits per heavy atom. The number of nitrogen functional groups attached to an aromatic ring is 1. The van der Waals surface area contributed by atoms with Crippen molar-refractivity contribution in [2.24, 2.45) is 0 Å². The second-order valence-electron chi connectivity index (χ2n) is 4.27. The minimum Gasteiger partial charge on any atom is -0.398 e. The summed E-state index contributed by atoms with van der Waals surface area (Å²) in [4.78, 5) is 5.36. The summed E-state index contributed by atoms with van der Waals surface area (Å²) in [6.07, 6.45) is 0. The van der Waals surface area contributed by atoms with Gasteiger partial charge in [0, 0.05) is 32.6 Å². The van der Waals surface area contributed by atoms with Crippen LogP contribution in [0.15, 0.2) is 29.2 Å². The topological polar surface area (TPSA) is 38.9 Å². The maximum atomic E-state index is 6.21. The highest BCUT2D eigenvalue weighted by molar-refractivity contribution is 7.98. The molecule has 0 aliphatic carbocycles. The van der Waals surface area contributed by atoms with E-state index in [0.29, 0.717) is 15.9 Å². The van der Waals surface area contributed by atoms with Crippen LogP contribution in [0.1, 0.15) is 16.8 Å². The second kappa shape index (κ2) is 6.04. The fraction of sp³-hybridized carbons (Fsp3) is 0.214.